The fraction of sp³-hybridized carbons (Fsp3) is 0.286. The second-order valence-corrected chi connectivity index (χ2v) is 6.52. The van der Waals surface area contributed by atoms with Gasteiger partial charge in [0, 0.05) is 12.0 Å². The van der Waals surface area contributed by atoms with Crippen molar-refractivity contribution in [3.63, 3.8) is 0 Å². The van der Waals surface area contributed by atoms with Gasteiger partial charge in [-0.2, -0.15) is 0 Å². The van der Waals surface area contributed by atoms with Crippen LogP contribution >= 0.6 is 0 Å². The fourth-order valence-electron chi connectivity index (χ4n) is 2.58. The molecule has 6 nitrogen and oxygen atoms in total. The highest BCUT2D eigenvalue weighted by Gasteiger charge is 2.36. The Bertz CT molecular complexity index is 848. The molecule has 148 valence electrons. The number of rotatable bonds is 9. The summed E-state index contributed by atoms with van der Waals surface area (Å²) in [6, 6.07) is 11.6. The van der Waals surface area contributed by atoms with Crippen molar-refractivity contribution in [3.05, 3.63) is 65.5 Å². The Balaban J connectivity index is 1.87. The van der Waals surface area contributed by atoms with Crippen LogP contribution in [0.5, 0.6) is 5.75 Å². The first-order valence-corrected chi connectivity index (χ1v) is 8.76. The first-order chi connectivity index (χ1) is 13.2. The molecule has 2 aromatic rings. The molecule has 0 radical (unpaired) electrons. The van der Waals surface area contributed by atoms with E-state index in [1.165, 1.54) is 26.0 Å². The van der Waals surface area contributed by atoms with E-state index in [4.69, 9.17) is 4.74 Å². The fourth-order valence-corrected chi connectivity index (χ4v) is 2.58. The van der Waals surface area contributed by atoms with E-state index >= 15 is 0 Å². The maximum Gasteiger partial charge on any atom is 0.333 e. The SMILES string of the molecule is CC(=O)c1ccc(OCCCC(=O)NC(C)(C(=O)O)c2ccc(F)cc2)cc1. The quantitative estimate of drug-likeness (QED) is 0.509. The van der Waals surface area contributed by atoms with Crippen LogP contribution in [0, 0.1) is 5.82 Å². The smallest absolute Gasteiger partial charge is 0.333 e. The van der Waals surface area contributed by atoms with Crippen molar-refractivity contribution in [3.8, 4) is 5.75 Å². The van der Waals surface area contributed by atoms with Crippen LogP contribution in [0.3, 0.4) is 0 Å². The minimum absolute atomic E-state index is 0.0362. The minimum atomic E-state index is -1.66. The van der Waals surface area contributed by atoms with Crippen LogP contribution in [-0.4, -0.2) is 29.4 Å². The molecule has 2 rings (SSSR count). The number of aliphatic carboxylic acids is 1. The van der Waals surface area contributed by atoms with Crippen molar-refractivity contribution >= 4 is 17.7 Å². The van der Waals surface area contributed by atoms with E-state index in [1.807, 2.05) is 0 Å². The van der Waals surface area contributed by atoms with Gasteiger partial charge in [0.05, 0.1) is 6.61 Å². The molecular formula is C21H22FNO5. The van der Waals surface area contributed by atoms with Gasteiger partial charge in [0.2, 0.25) is 5.91 Å². The predicted molar refractivity (Wildman–Crippen MR) is 101 cm³/mol. The van der Waals surface area contributed by atoms with E-state index in [2.05, 4.69) is 5.32 Å². The number of carbonyl (C=O) groups is 3. The molecule has 0 bridgehead atoms. The molecular weight excluding hydrogens is 365 g/mol. The number of ether oxygens (including phenoxy) is 1. The van der Waals surface area contributed by atoms with Crippen LogP contribution in [0.4, 0.5) is 4.39 Å². The van der Waals surface area contributed by atoms with Crippen molar-refractivity contribution < 1.29 is 28.6 Å². The average molecular weight is 387 g/mol. The standard InChI is InChI=1S/C21H22FNO5/c1-14(24)15-5-11-18(12-6-15)28-13-3-4-19(25)23-21(2,20(26)27)16-7-9-17(22)10-8-16/h5-12H,3-4,13H2,1-2H3,(H,23,25)(H,26,27). The highest BCUT2D eigenvalue weighted by Crippen LogP contribution is 2.22. The van der Waals surface area contributed by atoms with E-state index < -0.39 is 23.2 Å². The van der Waals surface area contributed by atoms with E-state index in [-0.39, 0.29) is 24.4 Å². The summed E-state index contributed by atoms with van der Waals surface area (Å²) in [6.07, 6.45) is 0.439. The molecule has 2 N–H and O–H groups in total. The number of halogens is 1. The normalized spacial score (nSPS) is 12.7. The molecule has 0 saturated heterocycles. The van der Waals surface area contributed by atoms with Gasteiger partial charge in [-0.3, -0.25) is 9.59 Å². The van der Waals surface area contributed by atoms with Crippen LogP contribution in [0.1, 0.15) is 42.6 Å². The van der Waals surface area contributed by atoms with Gasteiger partial charge in [-0.25, -0.2) is 9.18 Å². The number of amides is 1. The number of hydrogen-bond donors (Lipinski definition) is 2. The number of nitrogens with one attached hydrogen (secondary N) is 1. The number of carbonyl (C=O) groups excluding carboxylic acids is 2. The van der Waals surface area contributed by atoms with Crippen LogP contribution in [-0.2, 0) is 15.1 Å². The lowest BCUT2D eigenvalue weighted by Gasteiger charge is -2.27. The van der Waals surface area contributed by atoms with Gasteiger partial charge in [0.1, 0.15) is 11.6 Å². The second kappa shape index (κ2) is 9.12. The third kappa shape index (κ3) is 5.39. The van der Waals surface area contributed by atoms with Crippen molar-refractivity contribution in [1.82, 2.24) is 5.32 Å². The second-order valence-electron chi connectivity index (χ2n) is 6.52. The number of hydrogen-bond acceptors (Lipinski definition) is 4. The molecule has 0 aromatic heterocycles. The zero-order valence-corrected chi connectivity index (χ0v) is 15.7. The summed E-state index contributed by atoms with van der Waals surface area (Å²) in [6.45, 7) is 3.09. The van der Waals surface area contributed by atoms with Crippen LogP contribution in [0.15, 0.2) is 48.5 Å². The summed E-state index contributed by atoms with van der Waals surface area (Å²) in [5.41, 5.74) is -0.800. The lowest BCUT2D eigenvalue weighted by Crippen LogP contribution is -2.49. The first kappa shape index (κ1) is 21.1. The molecule has 0 aliphatic heterocycles. The Labute approximate surface area is 162 Å². The van der Waals surface area contributed by atoms with Crippen molar-refractivity contribution in [2.75, 3.05) is 6.61 Å². The lowest BCUT2D eigenvalue weighted by molar-refractivity contribution is -0.147. The third-order valence-electron chi connectivity index (χ3n) is 4.32. The molecule has 1 unspecified atom stereocenters. The largest absolute Gasteiger partial charge is 0.494 e. The molecule has 0 aliphatic carbocycles. The molecule has 0 spiro atoms. The Morgan fingerprint density at radius 2 is 1.68 bits per heavy atom. The van der Waals surface area contributed by atoms with Crippen molar-refractivity contribution in [2.24, 2.45) is 0 Å². The monoisotopic (exact) mass is 387 g/mol. The van der Waals surface area contributed by atoms with Gasteiger partial charge in [0.25, 0.3) is 0 Å². The van der Waals surface area contributed by atoms with Crippen LogP contribution < -0.4 is 10.1 Å². The number of carboxylic acid groups (broad SMARTS) is 1. The van der Waals surface area contributed by atoms with Gasteiger partial charge in [-0.05, 0) is 62.2 Å². The highest BCUT2D eigenvalue weighted by atomic mass is 19.1. The molecule has 0 aliphatic rings. The molecule has 2 aromatic carbocycles. The zero-order chi connectivity index (χ0) is 20.7. The van der Waals surface area contributed by atoms with Crippen molar-refractivity contribution in [2.45, 2.75) is 32.2 Å². The lowest BCUT2D eigenvalue weighted by atomic mass is 9.91. The summed E-state index contributed by atoms with van der Waals surface area (Å²) < 4.78 is 18.6. The zero-order valence-electron chi connectivity index (χ0n) is 15.7. The summed E-state index contributed by atoms with van der Waals surface area (Å²) in [5.74, 6) is -1.65. The molecule has 1 amide bonds. The van der Waals surface area contributed by atoms with Crippen LogP contribution in [0.25, 0.3) is 0 Å². The number of ketones is 1. The Kier molecular flexibility index (Phi) is 6.87. The molecule has 0 saturated carbocycles. The molecule has 28 heavy (non-hydrogen) atoms. The number of Topliss-reactive ketones (excluding diaryl/α,β-unsaturated/α-hetero) is 1. The predicted octanol–water partition coefficient (Wildman–Crippen LogP) is 3.30. The topological polar surface area (TPSA) is 92.7 Å². The summed E-state index contributed by atoms with van der Waals surface area (Å²) in [4.78, 5) is 35.1. The van der Waals surface area contributed by atoms with Gasteiger partial charge in [0.15, 0.2) is 11.3 Å². The van der Waals surface area contributed by atoms with Gasteiger partial charge < -0.3 is 15.2 Å². The van der Waals surface area contributed by atoms with Gasteiger partial charge in [-0.1, -0.05) is 12.1 Å². The Morgan fingerprint density at radius 1 is 1.07 bits per heavy atom. The maximum atomic E-state index is 13.1. The third-order valence-corrected chi connectivity index (χ3v) is 4.32. The molecule has 0 fully saturated rings. The van der Waals surface area contributed by atoms with E-state index in [9.17, 15) is 23.9 Å². The van der Waals surface area contributed by atoms with Crippen LogP contribution in [0.2, 0.25) is 0 Å². The average Bonchev–Trinajstić information content (AvgIpc) is 2.65. The minimum Gasteiger partial charge on any atom is -0.494 e. The maximum absolute atomic E-state index is 13.1. The van der Waals surface area contributed by atoms with Gasteiger partial charge in [-0.15, -0.1) is 0 Å². The molecule has 1 atom stereocenters. The summed E-state index contributed by atoms with van der Waals surface area (Å²) in [5, 5.41) is 12.0. The van der Waals surface area contributed by atoms with E-state index in [0.29, 0.717) is 17.7 Å². The van der Waals surface area contributed by atoms with E-state index in [1.54, 1.807) is 24.3 Å². The van der Waals surface area contributed by atoms with E-state index in [0.717, 1.165) is 12.1 Å². The first-order valence-electron chi connectivity index (χ1n) is 8.76. The summed E-state index contributed by atoms with van der Waals surface area (Å²) >= 11 is 0. The molecule has 0 heterocycles. The highest BCUT2D eigenvalue weighted by molar-refractivity contribution is 5.94. The summed E-state index contributed by atoms with van der Waals surface area (Å²) in [7, 11) is 0. The Morgan fingerprint density at radius 3 is 2.21 bits per heavy atom. The van der Waals surface area contributed by atoms with Gasteiger partial charge >= 0.3 is 5.97 Å². The number of benzene rings is 2. The molecule has 7 heteroatoms. The van der Waals surface area contributed by atoms with Crippen molar-refractivity contribution in [1.29, 1.82) is 0 Å². The number of carboxylic acids is 1. The Hall–Kier alpha value is -3.22.